The Morgan fingerprint density at radius 3 is 2.73 bits per heavy atom. The minimum atomic E-state index is -1.09. The van der Waals surface area contributed by atoms with E-state index in [9.17, 15) is 19.8 Å². The van der Waals surface area contributed by atoms with Gasteiger partial charge in [-0.1, -0.05) is 0 Å². The Kier molecular flexibility index (Phi) is 4.66. The molecule has 0 aromatic heterocycles. The second-order valence-electron chi connectivity index (χ2n) is 5.98. The van der Waals surface area contributed by atoms with Gasteiger partial charge in [-0.2, -0.15) is 0 Å². The van der Waals surface area contributed by atoms with Gasteiger partial charge in [0, 0.05) is 30.9 Å². The molecule has 8 heteroatoms. The number of carbonyl (C=O) groups is 2. The third kappa shape index (κ3) is 3.26. The summed E-state index contributed by atoms with van der Waals surface area (Å²) < 4.78 is 4.85. The number of methoxy groups -OCH3 is 1. The SMILES string of the molecule is COC(=O)[C@@H]1Cc2cc(O)c(O)cc2N1/C=C/C1=CC(C(=O)O)=NCC1. The molecule has 1 aromatic rings. The third-order valence-electron chi connectivity index (χ3n) is 4.35. The zero-order chi connectivity index (χ0) is 18.8. The second kappa shape index (κ2) is 6.91. The second-order valence-corrected chi connectivity index (χ2v) is 5.98. The zero-order valence-corrected chi connectivity index (χ0v) is 14.0. The van der Waals surface area contributed by atoms with Crippen molar-refractivity contribution in [3.05, 3.63) is 41.6 Å². The fraction of sp³-hybridized carbons (Fsp3) is 0.278. The molecule has 2 aliphatic rings. The van der Waals surface area contributed by atoms with Crippen molar-refractivity contribution in [1.29, 1.82) is 0 Å². The van der Waals surface area contributed by atoms with Crippen LogP contribution in [-0.4, -0.2) is 52.7 Å². The van der Waals surface area contributed by atoms with Gasteiger partial charge in [0.25, 0.3) is 0 Å². The number of carbonyl (C=O) groups excluding carboxylic acids is 1. The van der Waals surface area contributed by atoms with E-state index < -0.39 is 18.0 Å². The van der Waals surface area contributed by atoms with Gasteiger partial charge < -0.3 is 25.0 Å². The number of aromatic hydroxyl groups is 2. The zero-order valence-electron chi connectivity index (χ0n) is 14.0. The molecule has 0 bridgehead atoms. The lowest BCUT2D eigenvalue weighted by Gasteiger charge is -2.22. The minimum absolute atomic E-state index is 0.00944. The largest absolute Gasteiger partial charge is 0.504 e. The van der Waals surface area contributed by atoms with Crippen LogP contribution in [0.4, 0.5) is 5.69 Å². The number of nitrogens with zero attached hydrogens (tertiary/aromatic N) is 2. The van der Waals surface area contributed by atoms with Gasteiger partial charge in [0.1, 0.15) is 11.8 Å². The average molecular weight is 358 g/mol. The van der Waals surface area contributed by atoms with Crippen LogP contribution in [0.25, 0.3) is 0 Å². The molecular weight excluding hydrogens is 340 g/mol. The highest BCUT2D eigenvalue weighted by atomic mass is 16.5. The molecule has 3 rings (SSSR count). The number of dihydropyridines is 1. The van der Waals surface area contributed by atoms with Crippen LogP contribution >= 0.6 is 0 Å². The summed E-state index contributed by atoms with van der Waals surface area (Å²) in [6.45, 7) is 0.378. The number of carboxylic acid groups (broad SMARTS) is 1. The van der Waals surface area contributed by atoms with Crippen molar-refractivity contribution in [2.75, 3.05) is 18.6 Å². The number of benzene rings is 1. The summed E-state index contributed by atoms with van der Waals surface area (Å²) in [6.07, 6.45) is 5.76. The van der Waals surface area contributed by atoms with E-state index >= 15 is 0 Å². The van der Waals surface area contributed by atoms with Crippen LogP contribution in [0.3, 0.4) is 0 Å². The molecule has 2 aliphatic heterocycles. The number of ether oxygens (including phenoxy) is 1. The Morgan fingerprint density at radius 2 is 2.04 bits per heavy atom. The molecule has 0 unspecified atom stereocenters. The first-order valence-electron chi connectivity index (χ1n) is 7.98. The number of esters is 1. The van der Waals surface area contributed by atoms with Gasteiger partial charge in [0.15, 0.2) is 11.5 Å². The van der Waals surface area contributed by atoms with E-state index in [-0.39, 0.29) is 17.2 Å². The molecule has 0 amide bonds. The maximum Gasteiger partial charge on any atom is 0.354 e. The van der Waals surface area contributed by atoms with Gasteiger partial charge in [-0.05, 0) is 35.8 Å². The number of phenolic OH excluding ortho intramolecular Hbond substituents is 2. The molecule has 0 spiro atoms. The van der Waals surface area contributed by atoms with Gasteiger partial charge in [0.05, 0.1) is 7.11 Å². The smallest absolute Gasteiger partial charge is 0.354 e. The van der Waals surface area contributed by atoms with E-state index in [1.807, 2.05) is 0 Å². The number of phenols is 2. The van der Waals surface area contributed by atoms with Gasteiger partial charge in [-0.15, -0.1) is 0 Å². The Bertz CT molecular complexity index is 855. The van der Waals surface area contributed by atoms with Crippen molar-refractivity contribution >= 4 is 23.3 Å². The number of anilines is 1. The van der Waals surface area contributed by atoms with Crippen molar-refractivity contribution in [2.45, 2.75) is 18.9 Å². The molecule has 0 radical (unpaired) electrons. The number of aliphatic imine (C=N–C) groups is 1. The standard InChI is InChI=1S/C18H18N2O6/c1-26-18(25)14-7-11-8-15(21)16(22)9-13(11)20(14)5-3-10-2-4-19-12(6-10)17(23)24/h3,5-6,8-9,14,21-22H,2,4,7H2,1H3,(H,23,24)/b5-3+/t14-/m0/s1. The molecule has 26 heavy (non-hydrogen) atoms. The van der Waals surface area contributed by atoms with Crippen LogP contribution in [0.15, 0.2) is 41.1 Å². The summed E-state index contributed by atoms with van der Waals surface area (Å²) in [5, 5.41) is 28.5. The molecule has 3 N–H and O–H groups in total. The fourth-order valence-electron chi connectivity index (χ4n) is 3.04. The van der Waals surface area contributed by atoms with E-state index in [0.717, 1.165) is 5.57 Å². The molecule has 2 heterocycles. The van der Waals surface area contributed by atoms with E-state index in [4.69, 9.17) is 9.84 Å². The van der Waals surface area contributed by atoms with Crippen LogP contribution in [0.5, 0.6) is 11.5 Å². The van der Waals surface area contributed by atoms with Crippen molar-refractivity contribution in [1.82, 2.24) is 0 Å². The predicted molar refractivity (Wildman–Crippen MR) is 93.5 cm³/mol. The number of aliphatic carboxylic acids is 1. The number of fused-ring (bicyclic) bond motifs is 1. The Morgan fingerprint density at radius 1 is 1.31 bits per heavy atom. The van der Waals surface area contributed by atoms with Crippen LogP contribution in [0, 0.1) is 0 Å². The first kappa shape index (κ1) is 17.5. The summed E-state index contributed by atoms with van der Waals surface area (Å²) in [6, 6.07) is 2.17. The summed E-state index contributed by atoms with van der Waals surface area (Å²) in [7, 11) is 1.29. The maximum atomic E-state index is 12.1. The first-order chi connectivity index (χ1) is 12.4. The van der Waals surface area contributed by atoms with Crippen LogP contribution in [0.2, 0.25) is 0 Å². The van der Waals surface area contributed by atoms with E-state index in [1.165, 1.54) is 25.3 Å². The van der Waals surface area contributed by atoms with E-state index in [2.05, 4.69) is 4.99 Å². The van der Waals surface area contributed by atoms with Crippen LogP contribution < -0.4 is 4.90 Å². The van der Waals surface area contributed by atoms with Crippen LogP contribution in [0.1, 0.15) is 12.0 Å². The molecule has 0 saturated heterocycles. The maximum absolute atomic E-state index is 12.1. The molecule has 136 valence electrons. The van der Waals surface area contributed by atoms with E-state index in [0.29, 0.717) is 30.6 Å². The average Bonchev–Trinajstić information content (AvgIpc) is 2.97. The lowest BCUT2D eigenvalue weighted by atomic mass is 10.1. The Hall–Kier alpha value is -3.29. The van der Waals surface area contributed by atoms with Crippen LogP contribution in [-0.2, 0) is 20.7 Å². The topological polar surface area (TPSA) is 120 Å². The van der Waals surface area contributed by atoms with Crippen molar-refractivity contribution in [3.8, 4) is 11.5 Å². The normalized spacial score (nSPS) is 19.1. The monoisotopic (exact) mass is 358 g/mol. The van der Waals surface area contributed by atoms with Gasteiger partial charge in [-0.25, -0.2) is 9.59 Å². The fourth-order valence-corrected chi connectivity index (χ4v) is 3.04. The number of allylic oxidation sites excluding steroid dienone is 1. The number of hydrogen-bond acceptors (Lipinski definition) is 7. The van der Waals surface area contributed by atoms with Crippen molar-refractivity contribution < 1.29 is 29.6 Å². The summed E-state index contributed by atoms with van der Waals surface area (Å²) >= 11 is 0. The van der Waals surface area contributed by atoms with Gasteiger partial charge in [-0.3, -0.25) is 4.99 Å². The Balaban J connectivity index is 1.93. The van der Waals surface area contributed by atoms with E-state index in [1.54, 1.807) is 17.2 Å². The summed E-state index contributed by atoms with van der Waals surface area (Å²) in [5.74, 6) is -2.08. The Labute approximate surface area is 149 Å². The molecule has 0 saturated carbocycles. The lowest BCUT2D eigenvalue weighted by molar-refractivity contribution is -0.141. The molecule has 0 fully saturated rings. The van der Waals surface area contributed by atoms with Gasteiger partial charge in [0.2, 0.25) is 0 Å². The molecular formula is C18H18N2O6. The molecule has 0 aliphatic carbocycles. The quantitative estimate of drug-likeness (QED) is 0.549. The van der Waals surface area contributed by atoms with Gasteiger partial charge >= 0.3 is 11.9 Å². The molecule has 1 atom stereocenters. The number of rotatable bonds is 4. The lowest BCUT2D eigenvalue weighted by Crippen LogP contribution is -2.35. The predicted octanol–water partition coefficient (Wildman–Crippen LogP) is 1.37. The van der Waals surface area contributed by atoms with Crippen molar-refractivity contribution in [2.24, 2.45) is 4.99 Å². The molecule has 8 nitrogen and oxygen atoms in total. The molecule has 1 aromatic carbocycles. The number of hydrogen-bond donors (Lipinski definition) is 3. The highest BCUT2D eigenvalue weighted by molar-refractivity contribution is 6.40. The summed E-state index contributed by atoms with van der Waals surface area (Å²) in [4.78, 5) is 28.7. The highest BCUT2D eigenvalue weighted by Gasteiger charge is 2.35. The number of carboxylic acids is 1. The van der Waals surface area contributed by atoms with Crippen molar-refractivity contribution in [3.63, 3.8) is 0 Å². The minimum Gasteiger partial charge on any atom is -0.504 e. The highest BCUT2D eigenvalue weighted by Crippen LogP contribution is 2.40. The first-order valence-corrected chi connectivity index (χ1v) is 7.98. The third-order valence-corrected chi connectivity index (χ3v) is 4.35. The summed E-state index contributed by atoms with van der Waals surface area (Å²) in [5.41, 5.74) is 2.03.